The number of carbonyl (C=O) groups excluding carboxylic acids is 1. The number of azide groups is 1. The van der Waals surface area contributed by atoms with Gasteiger partial charge in [-0.05, 0) is 30.2 Å². The van der Waals surface area contributed by atoms with Crippen molar-refractivity contribution in [2.75, 3.05) is 0 Å². The monoisotopic (exact) mass is 466 g/mol. The first kappa shape index (κ1) is 21.7. The zero-order valence-electron chi connectivity index (χ0n) is 17.1. The maximum absolute atomic E-state index is 11.7. The van der Waals surface area contributed by atoms with Gasteiger partial charge in [-0.25, -0.2) is 4.98 Å². The minimum Gasteiger partial charge on any atom is -0.485 e. The Balaban J connectivity index is 1.72. The predicted octanol–water partition coefficient (Wildman–Crippen LogP) is 5.69. The van der Waals surface area contributed by atoms with E-state index < -0.39 is 5.91 Å². The fourth-order valence-electron chi connectivity index (χ4n) is 3.39. The molecule has 162 valence electrons. The van der Waals surface area contributed by atoms with Gasteiger partial charge in [-0.1, -0.05) is 41.0 Å². The van der Waals surface area contributed by atoms with Crippen LogP contribution in [0.25, 0.3) is 26.7 Å². The molecule has 4 rings (SSSR count). The van der Waals surface area contributed by atoms with Crippen LogP contribution in [-0.4, -0.2) is 15.3 Å². The number of hydrogen-bond acceptors (Lipinski definition) is 5. The molecule has 0 spiro atoms. The number of rotatable bonds is 8. The second kappa shape index (κ2) is 9.32. The average molecular weight is 467 g/mol. The van der Waals surface area contributed by atoms with Crippen LogP contribution in [0.3, 0.4) is 0 Å². The summed E-state index contributed by atoms with van der Waals surface area (Å²) in [6, 6.07) is 13.1. The van der Waals surface area contributed by atoms with Crippen LogP contribution in [0.4, 0.5) is 0 Å². The Labute approximate surface area is 192 Å². The van der Waals surface area contributed by atoms with Crippen molar-refractivity contribution < 1.29 is 9.53 Å². The number of pyridine rings is 1. The highest BCUT2D eigenvalue weighted by atomic mass is 35.5. The predicted molar refractivity (Wildman–Crippen MR) is 125 cm³/mol. The van der Waals surface area contributed by atoms with Gasteiger partial charge in [-0.2, -0.15) is 0 Å². The van der Waals surface area contributed by atoms with Gasteiger partial charge in [0, 0.05) is 27.8 Å². The molecule has 0 saturated heterocycles. The highest BCUT2D eigenvalue weighted by Crippen LogP contribution is 2.39. The van der Waals surface area contributed by atoms with Crippen molar-refractivity contribution in [3.63, 3.8) is 0 Å². The third-order valence-corrected chi connectivity index (χ3v) is 6.37. The summed E-state index contributed by atoms with van der Waals surface area (Å²) in [7, 11) is 0. The third kappa shape index (κ3) is 4.55. The number of thiophene rings is 1. The van der Waals surface area contributed by atoms with Crippen molar-refractivity contribution in [3.05, 3.63) is 86.3 Å². The summed E-state index contributed by atoms with van der Waals surface area (Å²) in [5.74, 6) is 0.139. The van der Waals surface area contributed by atoms with E-state index in [1.807, 2.05) is 60.0 Å². The van der Waals surface area contributed by atoms with E-state index in [0.717, 1.165) is 32.2 Å². The Kier molecular flexibility index (Phi) is 6.32. The molecule has 0 unspecified atom stereocenters. The Bertz CT molecular complexity index is 1340. The maximum Gasteiger partial charge on any atom is 0.222 e. The fraction of sp³-hybridized carbons (Fsp3) is 0.182. The normalized spacial score (nSPS) is 11.8. The molecular weight excluding hydrogens is 448 g/mol. The molecule has 0 bridgehead atoms. The molecule has 0 fully saturated rings. The SMILES string of the molecule is C[C@@H](Oc1cc(-c2cnc3ccc(CN=[N+]=[N-])cn23)sc1CC(N)=O)c1ccccc1Cl. The number of carbonyl (C=O) groups is 1. The van der Waals surface area contributed by atoms with Gasteiger partial charge >= 0.3 is 0 Å². The van der Waals surface area contributed by atoms with Crippen LogP contribution < -0.4 is 10.5 Å². The summed E-state index contributed by atoms with van der Waals surface area (Å²) >= 11 is 7.74. The van der Waals surface area contributed by atoms with Crippen LogP contribution in [0.1, 0.15) is 29.0 Å². The van der Waals surface area contributed by atoms with Crippen LogP contribution in [-0.2, 0) is 17.8 Å². The van der Waals surface area contributed by atoms with Crippen molar-refractivity contribution in [2.24, 2.45) is 10.8 Å². The first-order valence-electron chi connectivity index (χ1n) is 9.75. The standard InChI is InChI=1S/C22H19ClN6O2S/c1-13(15-4-2-3-5-16(15)23)31-18-8-19(32-20(18)9-21(24)30)17-11-26-22-7-6-14(10-27-28-25)12-29(17)22/h2-8,11-13H,9-10H2,1H3,(H2,24,30)/t13-/m1/s1. The van der Waals surface area contributed by atoms with Crippen LogP contribution >= 0.6 is 22.9 Å². The zero-order chi connectivity index (χ0) is 22.7. The van der Waals surface area contributed by atoms with Crippen LogP contribution in [0.2, 0.25) is 5.02 Å². The highest BCUT2D eigenvalue weighted by Gasteiger charge is 2.20. The molecule has 0 aliphatic carbocycles. The number of nitrogens with zero attached hydrogens (tertiary/aromatic N) is 5. The van der Waals surface area contributed by atoms with E-state index in [2.05, 4.69) is 15.0 Å². The van der Waals surface area contributed by atoms with Crippen LogP contribution in [0.15, 0.2) is 60.0 Å². The largest absolute Gasteiger partial charge is 0.485 e. The lowest BCUT2D eigenvalue weighted by molar-refractivity contribution is -0.117. The Hall–Kier alpha value is -3.52. The Morgan fingerprint density at radius 2 is 2.19 bits per heavy atom. The number of benzene rings is 1. The Morgan fingerprint density at radius 3 is 2.94 bits per heavy atom. The molecular formula is C22H19ClN6O2S. The molecule has 3 heterocycles. The lowest BCUT2D eigenvalue weighted by Gasteiger charge is -2.16. The second-order valence-corrected chi connectivity index (χ2v) is 8.66. The number of hydrogen-bond donors (Lipinski definition) is 1. The van der Waals surface area contributed by atoms with E-state index >= 15 is 0 Å². The van der Waals surface area contributed by atoms with E-state index in [9.17, 15) is 4.79 Å². The number of fused-ring (bicyclic) bond motifs is 1. The first-order valence-corrected chi connectivity index (χ1v) is 10.9. The summed E-state index contributed by atoms with van der Waals surface area (Å²) in [5.41, 5.74) is 17.4. The van der Waals surface area contributed by atoms with E-state index in [1.165, 1.54) is 11.3 Å². The van der Waals surface area contributed by atoms with Gasteiger partial charge in [0.25, 0.3) is 0 Å². The number of primary amides is 1. The number of amides is 1. The molecule has 0 aliphatic rings. The molecule has 0 saturated carbocycles. The van der Waals surface area contributed by atoms with E-state index in [1.54, 1.807) is 6.20 Å². The number of ether oxygens (including phenoxy) is 1. The molecule has 1 amide bonds. The molecule has 8 nitrogen and oxygen atoms in total. The molecule has 4 aromatic rings. The smallest absolute Gasteiger partial charge is 0.222 e. The van der Waals surface area contributed by atoms with Crippen molar-refractivity contribution in [1.82, 2.24) is 9.38 Å². The molecule has 1 atom stereocenters. The van der Waals surface area contributed by atoms with Gasteiger partial charge in [0.1, 0.15) is 17.5 Å². The van der Waals surface area contributed by atoms with Crippen molar-refractivity contribution in [3.8, 4) is 16.3 Å². The molecule has 3 aromatic heterocycles. The van der Waals surface area contributed by atoms with Gasteiger partial charge in [0.05, 0.1) is 34.6 Å². The van der Waals surface area contributed by atoms with Crippen LogP contribution in [0.5, 0.6) is 5.75 Å². The molecule has 32 heavy (non-hydrogen) atoms. The van der Waals surface area contributed by atoms with Crippen molar-refractivity contribution in [1.29, 1.82) is 0 Å². The van der Waals surface area contributed by atoms with Gasteiger partial charge in [0.15, 0.2) is 0 Å². The zero-order valence-corrected chi connectivity index (χ0v) is 18.7. The first-order chi connectivity index (χ1) is 15.5. The molecule has 0 aliphatic heterocycles. The lowest BCUT2D eigenvalue weighted by Crippen LogP contribution is -2.13. The molecule has 0 radical (unpaired) electrons. The second-order valence-electron chi connectivity index (χ2n) is 7.12. The minimum absolute atomic E-state index is 0.0636. The summed E-state index contributed by atoms with van der Waals surface area (Å²) in [6.45, 7) is 2.15. The van der Waals surface area contributed by atoms with E-state index in [0.29, 0.717) is 10.8 Å². The number of imidazole rings is 1. The van der Waals surface area contributed by atoms with Gasteiger partial charge < -0.3 is 10.5 Å². The highest BCUT2D eigenvalue weighted by molar-refractivity contribution is 7.15. The van der Waals surface area contributed by atoms with Crippen molar-refractivity contribution in [2.45, 2.75) is 26.0 Å². The number of halogens is 1. The maximum atomic E-state index is 11.7. The topological polar surface area (TPSA) is 118 Å². The Morgan fingerprint density at radius 1 is 1.38 bits per heavy atom. The minimum atomic E-state index is -0.441. The molecule has 1 aromatic carbocycles. The number of nitrogens with two attached hydrogens (primary N) is 1. The molecule has 10 heteroatoms. The van der Waals surface area contributed by atoms with Gasteiger partial charge in [0.2, 0.25) is 5.91 Å². The number of aromatic nitrogens is 2. The lowest BCUT2D eigenvalue weighted by atomic mass is 10.1. The summed E-state index contributed by atoms with van der Waals surface area (Å²) in [5, 5.41) is 4.23. The summed E-state index contributed by atoms with van der Waals surface area (Å²) in [6.07, 6.45) is 3.38. The average Bonchev–Trinajstić information content (AvgIpc) is 3.35. The fourth-order valence-corrected chi connectivity index (χ4v) is 4.79. The summed E-state index contributed by atoms with van der Waals surface area (Å²) < 4.78 is 8.13. The third-order valence-electron chi connectivity index (χ3n) is 4.89. The van der Waals surface area contributed by atoms with Crippen LogP contribution in [0, 0.1) is 0 Å². The van der Waals surface area contributed by atoms with E-state index in [-0.39, 0.29) is 19.1 Å². The summed E-state index contributed by atoms with van der Waals surface area (Å²) in [4.78, 5) is 20.5. The van der Waals surface area contributed by atoms with Gasteiger partial charge in [-0.15, -0.1) is 11.3 Å². The molecule has 2 N–H and O–H groups in total. The van der Waals surface area contributed by atoms with Gasteiger partial charge in [-0.3, -0.25) is 9.20 Å². The van der Waals surface area contributed by atoms with Crippen molar-refractivity contribution >= 4 is 34.5 Å². The quantitative estimate of drug-likeness (QED) is 0.204. The van der Waals surface area contributed by atoms with E-state index in [4.69, 9.17) is 27.6 Å².